The molecule has 0 spiro atoms. The smallest absolute Gasteiger partial charge is 0.337 e. The molecule has 0 unspecified atom stereocenters. The molecule has 0 atom stereocenters. The summed E-state index contributed by atoms with van der Waals surface area (Å²) < 4.78 is 13.2. The molecule has 2 N–H and O–H groups in total. The van der Waals surface area contributed by atoms with Gasteiger partial charge in [-0.25, -0.2) is 9.18 Å². The van der Waals surface area contributed by atoms with Crippen LogP contribution >= 0.6 is 11.6 Å². The first kappa shape index (κ1) is 15.0. The van der Waals surface area contributed by atoms with E-state index in [4.69, 9.17) is 16.7 Å². The largest absolute Gasteiger partial charge is 0.478 e. The maximum absolute atomic E-state index is 13.2. The van der Waals surface area contributed by atoms with Crippen LogP contribution in [-0.4, -0.2) is 17.0 Å². The summed E-state index contributed by atoms with van der Waals surface area (Å²) >= 11 is 5.93. The molecule has 2 aromatic rings. The number of amides is 1. The fraction of sp³-hybridized carbons (Fsp3) is 0.0667. The number of nitrogens with one attached hydrogen (secondary N) is 1. The van der Waals surface area contributed by atoms with Crippen LogP contribution in [0.25, 0.3) is 0 Å². The monoisotopic (exact) mass is 307 g/mol. The average molecular weight is 308 g/mol. The molecule has 0 aromatic heterocycles. The van der Waals surface area contributed by atoms with Gasteiger partial charge in [-0.1, -0.05) is 17.7 Å². The van der Waals surface area contributed by atoms with E-state index >= 15 is 0 Å². The third kappa shape index (κ3) is 3.20. The molecule has 0 saturated carbocycles. The molecular weight excluding hydrogens is 297 g/mol. The van der Waals surface area contributed by atoms with E-state index in [0.717, 1.165) is 18.2 Å². The predicted molar refractivity (Wildman–Crippen MR) is 77.5 cm³/mol. The molecule has 6 heteroatoms. The highest BCUT2D eigenvalue weighted by molar-refractivity contribution is 6.32. The van der Waals surface area contributed by atoms with Crippen LogP contribution in [0.5, 0.6) is 0 Å². The van der Waals surface area contributed by atoms with E-state index in [1.165, 1.54) is 0 Å². The van der Waals surface area contributed by atoms with Crippen LogP contribution in [0.15, 0.2) is 36.4 Å². The van der Waals surface area contributed by atoms with Gasteiger partial charge in [0.05, 0.1) is 11.3 Å². The van der Waals surface area contributed by atoms with E-state index < -0.39 is 17.7 Å². The van der Waals surface area contributed by atoms with E-state index in [1.807, 2.05) is 0 Å². The van der Waals surface area contributed by atoms with Gasteiger partial charge in [0.25, 0.3) is 5.91 Å². The minimum atomic E-state index is -1.26. The maximum atomic E-state index is 13.2. The maximum Gasteiger partial charge on any atom is 0.337 e. The molecule has 0 aliphatic heterocycles. The van der Waals surface area contributed by atoms with Gasteiger partial charge < -0.3 is 10.4 Å². The number of rotatable bonds is 3. The number of benzene rings is 2. The Morgan fingerprint density at radius 2 is 1.90 bits per heavy atom. The lowest BCUT2D eigenvalue weighted by Gasteiger charge is -2.11. The SMILES string of the molecule is Cc1c(Cl)cccc1C(=O)Nc1cc(F)ccc1C(=O)O. The van der Waals surface area contributed by atoms with Gasteiger partial charge in [-0.2, -0.15) is 0 Å². The molecule has 21 heavy (non-hydrogen) atoms. The standard InChI is InChI=1S/C15H11ClFNO3/c1-8-10(3-2-4-12(8)16)14(19)18-13-7-9(17)5-6-11(13)15(20)21/h2-7H,1H3,(H,18,19)(H,20,21). The van der Waals surface area contributed by atoms with Crippen LogP contribution in [0.4, 0.5) is 10.1 Å². The lowest BCUT2D eigenvalue weighted by molar-refractivity contribution is 0.0698. The molecule has 2 aromatic carbocycles. The number of anilines is 1. The molecule has 0 aliphatic carbocycles. The van der Waals surface area contributed by atoms with Gasteiger partial charge in [0.15, 0.2) is 0 Å². The fourth-order valence-electron chi connectivity index (χ4n) is 1.85. The lowest BCUT2D eigenvalue weighted by atomic mass is 10.1. The third-order valence-electron chi connectivity index (χ3n) is 2.97. The van der Waals surface area contributed by atoms with Crippen molar-refractivity contribution in [1.29, 1.82) is 0 Å². The van der Waals surface area contributed by atoms with E-state index in [1.54, 1.807) is 25.1 Å². The fourth-order valence-corrected chi connectivity index (χ4v) is 2.02. The van der Waals surface area contributed by atoms with Crippen molar-refractivity contribution in [1.82, 2.24) is 0 Å². The molecule has 2 rings (SSSR count). The van der Waals surface area contributed by atoms with E-state index in [-0.39, 0.29) is 11.3 Å². The van der Waals surface area contributed by atoms with Crippen molar-refractivity contribution in [3.63, 3.8) is 0 Å². The summed E-state index contributed by atoms with van der Waals surface area (Å²) in [5.41, 5.74) is 0.560. The van der Waals surface area contributed by atoms with Crippen LogP contribution < -0.4 is 5.32 Å². The van der Waals surface area contributed by atoms with Crippen LogP contribution in [0.3, 0.4) is 0 Å². The van der Waals surface area contributed by atoms with Gasteiger partial charge >= 0.3 is 5.97 Å². The van der Waals surface area contributed by atoms with Crippen molar-refractivity contribution in [2.24, 2.45) is 0 Å². The lowest BCUT2D eigenvalue weighted by Crippen LogP contribution is -2.16. The molecule has 0 saturated heterocycles. The highest BCUT2D eigenvalue weighted by atomic mass is 35.5. The van der Waals surface area contributed by atoms with Gasteiger partial charge in [-0.05, 0) is 42.8 Å². The summed E-state index contributed by atoms with van der Waals surface area (Å²) in [5, 5.41) is 11.9. The second-order valence-corrected chi connectivity index (χ2v) is 4.77. The van der Waals surface area contributed by atoms with Gasteiger partial charge in [-0.3, -0.25) is 4.79 Å². The summed E-state index contributed by atoms with van der Waals surface area (Å²) in [6.45, 7) is 1.67. The third-order valence-corrected chi connectivity index (χ3v) is 3.38. The average Bonchev–Trinajstić information content (AvgIpc) is 2.41. The van der Waals surface area contributed by atoms with E-state index in [9.17, 15) is 14.0 Å². The van der Waals surface area contributed by atoms with Crippen LogP contribution in [0, 0.1) is 12.7 Å². The summed E-state index contributed by atoms with van der Waals surface area (Å²) in [5.74, 6) is -2.45. The number of aromatic carboxylic acids is 1. The Kier molecular flexibility index (Phi) is 4.23. The van der Waals surface area contributed by atoms with Gasteiger partial charge in [0, 0.05) is 10.6 Å². The van der Waals surface area contributed by atoms with Crippen LogP contribution in [0.2, 0.25) is 5.02 Å². The molecule has 0 heterocycles. The highest BCUT2D eigenvalue weighted by Gasteiger charge is 2.16. The Balaban J connectivity index is 2.38. The minimum Gasteiger partial charge on any atom is -0.478 e. The Bertz CT molecular complexity index is 731. The molecular formula is C15H11ClFNO3. The Hall–Kier alpha value is -2.40. The molecule has 0 bridgehead atoms. The summed E-state index contributed by atoms with van der Waals surface area (Å²) in [6.07, 6.45) is 0. The van der Waals surface area contributed by atoms with E-state index in [0.29, 0.717) is 16.1 Å². The molecule has 0 radical (unpaired) electrons. The van der Waals surface area contributed by atoms with Crippen LogP contribution in [0.1, 0.15) is 26.3 Å². The first-order valence-electron chi connectivity index (χ1n) is 5.99. The number of hydrogen-bond acceptors (Lipinski definition) is 2. The Labute approximate surface area is 125 Å². The zero-order valence-electron chi connectivity index (χ0n) is 11.0. The van der Waals surface area contributed by atoms with Crippen molar-refractivity contribution in [2.45, 2.75) is 6.92 Å². The number of carboxylic acid groups (broad SMARTS) is 1. The zero-order chi connectivity index (χ0) is 15.6. The quantitative estimate of drug-likeness (QED) is 0.907. The first-order valence-corrected chi connectivity index (χ1v) is 6.37. The summed E-state index contributed by atoms with van der Waals surface area (Å²) in [7, 11) is 0. The second-order valence-electron chi connectivity index (χ2n) is 4.36. The minimum absolute atomic E-state index is 0.105. The summed E-state index contributed by atoms with van der Waals surface area (Å²) in [4.78, 5) is 23.3. The van der Waals surface area contributed by atoms with Crippen molar-refractivity contribution >= 4 is 29.2 Å². The Morgan fingerprint density at radius 1 is 1.19 bits per heavy atom. The van der Waals surface area contributed by atoms with Gasteiger partial charge in [-0.15, -0.1) is 0 Å². The van der Waals surface area contributed by atoms with Crippen molar-refractivity contribution in [2.75, 3.05) is 5.32 Å². The van der Waals surface area contributed by atoms with Gasteiger partial charge in [0.1, 0.15) is 5.82 Å². The molecule has 1 amide bonds. The normalized spacial score (nSPS) is 10.2. The Morgan fingerprint density at radius 3 is 2.57 bits per heavy atom. The first-order chi connectivity index (χ1) is 9.90. The number of carboxylic acids is 1. The molecule has 108 valence electrons. The summed E-state index contributed by atoms with van der Waals surface area (Å²) in [6, 6.07) is 7.87. The molecule has 4 nitrogen and oxygen atoms in total. The molecule has 0 aliphatic rings. The van der Waals surface area contributed by atoms with E-state index in [2.05, 4.69) is 5.32 Å². The number of carbonyl (C=O) groups is 2. The van der Waals surface area contributed by atoms with Crippen molar-refractivity contribution in [3.05, 3.63) is 63.9 Å². The highest BCUT2D eigenvalue weighted by Crippen LogP contribution is 2.22. The predicted octanol–water partition coefficient (Wildman–Crippen LogP) is 3.74. The van der Waals surface area contributed by atoms with Crippen molar-refractivity contribution < 1.29 is 19.1 Å². The van der Waals surface area contributed by atoms with Crippen LogP contribution in [-0.2, 0) is 0 Å². The number of hydrogen-bond donors (Lipinski definition) is 2. The number of carbonyl (C=O) groups excluding carboxylic acids is 1. The second kappa shape index (κ2) is 5.93. The zero-order valence-corrected chi connectivity index (χ0v) is 11.7. The molecule has 0 fully saturated rings. The van der Waals surface area contributed by atoms with Gasteiger partial charge in [0.2, 0.25) is 0 Å². The topological polar surface area (TPSA) is 66.4 Å². The van der Waals surface area contributed by atoms with Crippen molar-refractivity contribution in [3.8, 4) is 0 Å². The number of halogens is 2.